The van der Waals surface area contributed by atoms with Crippen LogP contribution in [0.2, 0.25) is 0 Å². The number of nitrogens with zero attached hydrogens (tertiary/aromatic N) is 1. The van der Waals surface area contributed by atoms with E-state index in [1.807, 2.05) is 6.92 Å². The van der Waals surface area contributed by atoms with Gasteiger partial charge >= 0.3 is 0 Å². The third kappa shape index (κ3) is 4.27. The Balaban J connectivity index is 1.81. The lowest BCUT2D eigenvalue weighted by Crippen LogP contribution is -2.33. The molecule has 0 saturated carbocycles. The number of hydrogen-bond donors (Lipinski definition) is 1. The lowest BCUT2D eigenvalue weighted by molar-refractivity contribution is -0.120. The molecule has 6 nitrogen and oxygen atoms in total. The number of carbonyl (C=O) groups excluding carboxylic acids is 2. The average Bonchev–Trinajstić information content (AvgIpc) is 3.04. The Hall–Kier alpha value is -4.20. The van der Waals surface area contributed by atoms with Crippen molar-refractivity contribution in [1.82, 2.24) is 0 Å². The Morgan fingerprint density at radius 3 is 2.33 bits per heavy atom. The number of anilines is 2. The highest BCUT2D eigenvalue weighted by Gasteiger charge is 2.41. The first kappa shape index (κ1) is 22.0. The number of benzene rings is 3. The van der Waals surface area contributed by atoms with Crippen LogP contribution in [0.5, 0.6) is 11.5 Å². The first-order valence-electron chi connectivity index (χ1n) is 10.2. The summed E-state index contributed by atoms with van der Waals surface area (Å²) in [5.74, 6) is -2.20. The van der Waals surface area contributed by atoms with Crippen molar-refractivity contribution in [1.29, 1.82) is 0 Å². The minimum absolute atomic E-state index is 0.0406. The molecule has 168 valence electrons. The minimum Gasteiger partial charge on any atom is -0.497 e. The molecule has 33 heavy (non-hydrogen) atoms. The Labute approximate surface area is 189 Å². The van der Waals surface area contributed by atoms with Gasteiger partial charge in [0, 0.05) is 17.8 Å². The number of amides is 2. The van der Waals surface area contributed by atoms with Gasteiger partial charge in [-0.25, -0.2) is 13.7 Å². The normalized spacial score (nSPS) is 13.5. The second-order valence-electron chi connectivity index (χ2n) is 7.11. The van der Waals surface area contributed by atoms with Crippen LogP contribution in [0.4, 0.5) is 20.2 Å². The summed E-state index contributed by atoms with van der Waals surface area (Å²) in [6.07, 6.45) is 0. The van der Waals surface area contributed by atoms with Crippen LogP contribution in [0.1, 0.15) is 12.5 Å². The fourth-order valence-electron chi connectivity index (χ4n) is 3.52. The Kier molecular flexibility index (Phi) is 6.08. The van der Waals surface area contributed by atoms with Gasteiger partial charge in [0.2, 0.25) is 0 Å². The average molecular weight is 450 g/mol. The SMILES string of the molecule is CCOc1ccc(C2=C(Nc3cccc(OC)c3)C(=O)N(c3ccc(F)cc3F)C2=O)cc1. The van der Waals surface area contributed by atoms with Crippen LogP contribution in [0, 0.1) is 11.6 Å². The quantitative estimate of drug-likeness (QED) is 0.526. The number of nitrogens with one attached hydrogen (secondary N) is 1. The van der Waals surface area contributed by atoms with Crippen molar-refractivity contribution in [3.05, 3.63) is 89.6 Å². The van der Waals surface area contributed by atoms with Crippen molar-refractivity contribution >= 4 is 28.8 Å². The minimum atomic E-state index is -1.02. The van der Waals surface area contributed by atoms with Gasteiger partial charge in [-0.1, -0.05) is 18.2 Å². The molecule has 0 aromatic heterocycles. The van der Waals surface area contributed by atoms with E-state index in [0.29, 0.717) is 40.3 Å². The van der Waals surface area contributed by atoms with Gasteiger partial charge in [-0.2, -0.15) is 0 Å². The number of halogens is 2. The molecule has 0 spiro atoms. The molecular formula is C25H20F2N2O4. The Morgan fingerprint density at radius 1 is 0.909 bits per heavy atom. The zero-order valence-corrected chi connectivity index (χ0v) is 17.9. The maximum Gasteiger partial charge on any atom is 0.282 e. The number of methoxy groups -OCH3 is 1. The van der Waals surface area contributed by atoms with Gasteiger partial charge in [0.15, 0.2) is 0 Å². The summed E-state index contributed by atoms with van der Waals surface area (Å²) >= 11 is 0. The Morgan fingerprint density at radius 2 is 1.67 bits per heavy atom. The van der Waals surface area contributed by atoms with E-state index in [1.54, 1.807) is 48.5 Å². The molecule has 0 saturated heterocycles. The summed E-state index contributed by atoms with van der Waals surface area (Å²) in [6.45, 7) is 2.32. The summed E-state index contributed by atoms with van der Waals surface area (Å²) in [7, 11) is 1.51. The molecule has 0 atom stereocenters. The van der Waals surface area contributed by atoms with E-state index >= 15 is 0 Å². The monoisotopic (exact) mass is 450 g/mol. The highest BCUT2D eigenvalue weighted by molar-refractivity contribution is 6.46. The Bertz CT molecular complexity index is 1260. The van der Waals surface area contributed by atoms with Gasteiger partial charge in [0.05, 0.1) is 25.0 Å². The molecule has 1 N–H and O–H groups in total. The third-order valence-corrected chi connectivity index (χ3v) is 5.03. The summed E-state index contributed by atoms with van der Waals surface area (Å²) < 4.78 is 38.6. The fourth-order valence-corrected chi connectivity index (χ4v) is 3.52. The van der Waals surface area contributed by atoms with E-state index in [-0.39, 0.29) is 17.0 Å². The van der Waals surface area contributed by atoms with Gasteiger partial charge in [0.1, 0.15) is 28.8 Å². The molecule has 1 aliphatic heterocycles. The van der Waals surface area contributed by atoms with Crippen LogP contribution in [0.15, 0.2) is 72.4 Å². The van der Waals surface area contributed by atoms with Crippen molar-refractivity contribution in [2.45, 2.75) is 6.92 Å². The maximum atomic E-state index is 14.5. The van der Waals surface area contributed by atoms with E-state index < -0.39 is 23.4 Å². The molecule has 8 heteroatoms. The molecule has 0 bridgehead atoms. The summed E-state index contributed by atoms with van der Waals surface area (Å²) in [6, 6.07) is 16.1. The first-order valence-corrected chi connectivity index (χ1v) is 10.2. The largest absolute Gasteiger partial charge is 0.497 e. The molecular weight excluding hydrogens is 430 g/mol. The highest BCUT2D eigenvalue weighted by Crippen LogP contribution is 2.35. The zero-order valence-electron chi connectivity index (χ0n) is 17.9. The maximum absolute atomic E-state index is 14.5. The van der Waals surface area contributed by atoms with Crippen LogP contribution >= 0.6 is 0 Å². The predicted molar refractivity (Wildman–Crippen MR) is 120 cm³/mol. The number of rotatable bonds is 7. The predicted octanol–water partition coefficient (Wildman–Crippen LogP) is 4.77. The molecule has 0 fully saturated rings. The van der Waals surface area contributed by atoms with Crippen LogP contribution in [-0.4, -0.2) is 25.5 Å². The van der Waals surface area contributed by atoms with Crippen molar-refractivity contribution in [2.75, 3.05) is 23.9 Å². The molecule has 0 aliphatic carbocycles. The van der Waals surface area contributed by atoms with Crippen molar-refractivity contribution in [3.8, 4) is 11.5 Å². The smallest absolute Gasteiger partial charge is 0.282 e. The lowest BCUT2D eigenvalue weighted by atomic mass is 10.0. The number of carbonyl (C=O) groups is 2. The van der Waals surface area contributed by atoms with E-state index in [1.165, 1.54) is 7.11 Å². The number of ether oxygens (including phenoxy) is 2. The number of hydrogen-bond acceptors (Lipinski definition) is 5. The first-order chi connectivity index (χ1) is 15.9. The molecule has 1 aliphatic rings. The van der Waals surface area contributed by atoms with Crippen molar-refractivity contribution in [2.24, 2.45) is 0 Å². The van der Waals surface area contributed by atoms with E-state index in [0.717, 1.165) is 12.1 Å². The second-order valence-corrected chi connectivity index (χ2v) is 7.11. The topological polar surface area (TPSA) is 67.9 Å². The van der Waals surface area contributed by atoms with E-state index in [9.17, 15) is 18.4 Å². The second kappa shape index (κ2) is 9.12. The molecule has 1 heterocycles. The van der Waals surface area contributed by atoms with Crippen LogP contribution in [0.3, 0.4) is 0 Å². The van der Waals surface area contributed by atoms with Gasteiger partial charge in [-0.3, -0.25) is 9.59 Å². The fraction of sp³-hybridized carbons (Fsp3) is 0.120. The molecule has 3 aromatic rings. The van der Waals surface area contributed by atoms with Crippen molar-refractivity contribution in [3.63, 3.8) is 0 Å². The van der Waals surface area contributed by atoms with Crippen LogP contribution < -0.4 is 19.7 Å². The van der Waals surface area contributed by atoms with E-state index in [2.05, 4.69) is 5.32 Å². The van der Waals surface area contributed by atoms with Gasteiger partial charge in [-0.15, -0.1) is 0 Å². The summed E-state index contributed by atoms with van der Waals surface area (Å²) in [5, 5.41) is 2.97. The molecule has 3 aromatic carbocycles. The standard InChI is InChI=1S/C25H20F2N2O4/c1-3-33-18-10-7-15(8-11-18)22-23(28-17-5-4-6-19(14-17)32-2)25(31)29(24(22)30)21-12-9-16(26)13-20(21)27/h4-14,28H,3H2,1-2H3. The van der Waals surface area contributed by atoms with Gasteiger partial charge in [0.25, 0.3) is 11.8 Å². The molecule has 4 rings (SSSR count). The lowest BCUT2D eigenvalue weighted by Gasteiger charge is -2.16. The van der Waals surface area contributed by atoms with Crippen LogP contribution in [0.25, 0.3) is 5.57 Å². The van der Waals surface area contributed by atoms with Gasteiger partial charge < -0.3 is 14.8 Å². The number of imide groups is 1. The van der Waals surface area contributed by atoms with E-state index in [4.69, 9.17) is 9.47 Å². The third-order valence-electron chi connectivity index (χ3n) is 5.03. The highest BCUT2D eigenvalue weighted by atomic mass is 19.1. The van der Waals surface area contributed by atoms with Crippen molar-refractivity contribution < 1.29 is 27.8 Å². The molecule has 0 radical (unpaired) electrons. The summed E-state index contributed by atoms with van der Waals surface area (Å²) in [5.41, 5.74) is 0.607. The van der Waals surface area contributed by atoms with Crippen LogP contribution in [-0.2, 0) is 9.59 Å². The van der Waals surface area contributed by atoms with Gasteiger partial charge in [-0.05, 0) is 48.9 Å². The molecule has 2 amide bonds. The zero-order chi connectivity index (χ0) is 23.5. The summed E-state index contributed by atoms with van der Waals surface area (Å²) in [4.78, 5) is 27.4. The molecule has 0 unspecified atom stereocenters.